The predicted molar refractivity (Wildman–Crippen MR) is 53.8 cm³/mol. The molecule has 0 spiro atoms. The molecule has 0 atom stereocenters. The normalized spacial score (nSPS) is 12.2. The minimum Gasteiger partial charge on any atom is -0.290 e. The van der Waals surface area contributed by atoms with Crippen LogP contribution in [0.25, 0.3) is 11.2 Å². The summed E-state index contributed by atoms with van der Waals surface area (Å²) in [4.78, 5) is 27.1. The Labute approximate surface area is 84.1 Å². The van der Waals surface area contributed by atoms with Crippen molar-refractivity contribution < 1.29 is 0 Å². The molecule has 15 heavy (non-hydrogen) atoms. The lowest BCUT2D eigenvalue weighted by atomic mass is 10.1. The van der Waals surface area contributed by atoms with E-state index in [1.165, 1.54) is 4.68 Å². The minimum absolute atomic E-state index is 0.143. The molecule has 0 aliphatic carbocycles. The summed E-state index contributed by atoms with van der Waals surface area (Å²) < 4.78 is 1.51. The molecule has 2 rings (SSSR count). The summed E-state index contributed by atoms with van der Waals surface area (Å²) in [5.41, 5.74) is -0.934. The van der Waals surface area contributed by atoms with E-state index in [0.717, 1.165) is 0 Å². The second kappa shape index (κ2) is 2.78. The Hall–Kier alpha value is -1.92. The Bertz CT molecular complexity index is 612. The predicted octanol–water partition coefficient (Wildman–Crippen LogP) is -0.437. The van der Waals surface area contributed by atoms with Crippen molar-refractivity contribution in [1.82, 2.24) is 25.0 Å². The Kier molecular flexibility index (Phi) is 1.79. The summed E-state index contributed by atoms with van der Waals surface area (Å²) in [7, 11) is 0. The summed E-state index contributed by atoms with van der Waals surface area (Å²) in [6.45, 7) is 5.71. The molecule has 0 radical (unpaired) electrons. The van der Waals surface area contributed by atoms with E-state index in [4.69, 9.17) is 0 Å². The van der Waals surface area contributed by atoms with Crippen molar-refractivity contribution in [3.05, 3.63) is 20.8 Å². The minimum atomic E-state index is -0.555. The third-order valence-corrected chi connectivity index (χ3v) is 1.98. The number of rotatable bonds is 0. The molecule has 0 amide bonds. The van der Waals surface area contributed by atoms with Crippen LogP contribution < -0.4 is 11.2 Å². The first-order valence-electron chi connectivity index (χ1n) is 4.48. The highest BCUT2D eigenvalue weighted by Crippen LogP contribution is 2.15. The van der Waals surface area contributed by atoms with Crippen LogP contribution in [0.4, 0.5) is 0 Å². The highest BCUT2D eigenvalue weighted by molar-refractivity contribution is 5.67. The Morgan fingerprint density at radius 2 is 1.87 bits per heavy atom. The van der Waals surface area contributed by atoms with Gasteiger partial charge in [-0.15, -0.1) is 5.10 Å². The first-order valence-corrected chi connectivity index (χ1v) is 4.48. The van der Waals surface area contributed by atoms with Crippen LogP contribution in [0, 0.1) is 0 Å². The van der Waals surface area contributed by atoms with Gasteiger partial charge in [-0.3, -0.25) is 14.8 Å². The lowest BCUT2D eigenvalue weighted by Gasteiger charge is -2.18. The van der Waals surface area contributed by atoms with Gasteiger partial charge in [-0.05, 0) is 20.8 Å². The van der Waals surface area contributed by atoms with Crippen LogP contribution in [-0.2, 0) is 5.54 Å². The highest BCUT2D eigenvalue weighted by Gasteiger charge is 2.19. The summed E-state index contributed by atoms with van der Waals surface area (Å²) in [6, 6.07) is 0. The maximum absolute atomic E-state index is 11.3. The molecule has 7 nitrogen and oxygen atoms in total. The molecule has 0 saturated carbocycles. The van der Waals surface area contributed by atoms with Gasteiger partial charge in [-0.25, -0.2) is 9.48 Å². The lowest BCUT2D eigenvalue weighted by Crippen LogP contribution is -2.27. The molecule has 0 unspecified atom stereocenters. The van der Waals surface area contributed by atoms with Gasteiger partial charge in [-0.2, -0.15) is 0 Å². The zero-order valence-corrected chi connectivity index (χ0v) is 8.66. The van der Waals surface area contributed by atoms with Crippen molar-refractivity contribution in [3.8, 4) is 0 Å². The summed E-state index contributed by atoms with van der Waals surface area (Å²) in [5.74, 6) is 0. The molecule has 0 saturated heterocycles. The van der Waals surface area contributed by atoms with Crippen molar-refractivity contribution in [2.75, 3.05) is 0 Å². The zero-order chi connectivity index (χ0) is 11.2. The number of nitrogens with zero attached hydrogens (tertiary/aromatic N) is 3. The number of nitrogens with one attached hydrogen (secondary N) is 2. The van der Waals surface area contributed by atoms with Gasteiger partial charge in [0.25, 0.3) is 5.56 Å². The topological polar surface area (TPSA) is 96.4 Å². The molecule has 80 valence electrons. The standard InChI is InChI=1S/C8H11N5O2/c1-8(2,3)13-5-4(11-12-13)6(14)10-7(15)9-5/h1-3H3,(H2,9,10,14,15). The van der Waals surface area contributed by atoms with Crippen LogP contribution >= 0.6 is 0 Å². The quantitative estimate of drug-likeness (QED) is 0.614. The molecule has 2 N–H and O–H groups in total. The summed E-state index contributed by atoms with van der Waals surface area (Å²) in [5, 5.41) is 7.57. The van der Waals surface area contributed by atoms with Crippen LogP contribution in [-0.4, -0.2) is 25.0 Å². The number of H-pyrrole nitrogens is 2. The molecule has 0 fully saturated rings. The Morgan fingerprint density at radius 1 is 1.20 bits per heavy atom. The van der Waals surface area contributed by atoms with Crippen LogP contribution in [0.15, 0.2) is 9.59 Å². The first-order chi connectivity index (χ1) is 6.89. The largest absolute Gasteiger partial charge is 0.327 e. The summed E-state index contributed by atoms with van der Waals surface area (Å²) in [6.07, 6.45) is 0. The van der Waals surface area contributed by atoms with Gasteiger partial charge in [0, 0.05) is 0 Å². The number of hydrogen-bond acceptors (Lipinski definition) is 4. The zero-order valence-electron chi connectivity index (χ0n) is 8.66. The van der Waals surface area contributed by atoms with E-state index in [2.05, 4.69) is 20.3 Å². The van der Waals surface area contributed by atoms with Crippen molar-refractivity contribution in [2.24, 2.45) is 0 Å². The molecule has 2 aromatic rings. The second-order valence-electron chi connectivity index (χ2n) is 4.28. The van der Waals surface area contributed by atoms with Crippen molar-refractivity contribution in [1.29, 1.82) is 0 Å². The van der Waals surface area contributed by atoms with E-state index in [-0.39, 0.29) is 11.1 Å². The molecule has 0 aliphatic heterocycles. The van der Waals surface area contributed by atoms with Crippen molar-refractivity contribution >= 4 is 11.2 Å². The maximum Gasteiger partial charge on any atom is 0.327 e. The third kappa shape index (κ3) is 1.45. The first kappa shape index (κ1) is 9.63. The smallest absolute Gasteiger partial charge is 0.290 e. The molecule has 0 aliphatic rings. The van der Waals surface area contributed by atoms with E-state index < -0.39 is 11.2 Å². The lowest BCUT2D eigenvalue weighted by molar-refractivity contribution is 0.356. The number of hydrogen-bond donors (Lipinski definition) is 2. The molecular weight excluding hydrogens is 198 g/mol. The van der Waals surface area contributed by atoms with E-state index in [9.17, 15) is 9.59 Å². The number of fused-ring (bicyclic) bond motifs is 1. The maximum atomic E-state index is 11.3. The fraction of sp³-hybridized carbons (Fsp3) is 0.500. The van der Waals surface area contributed by atoms with E-state index >= 15 is 0 Å². The van der Waals surface area contributed by atoms with Crippen LogP contribution in [0.3, 0.4) is 0 Å². The average Bonchev–Trinajstić information content (AvgIpc) is 2.45. The van der Waals surface area contributed by atoms with Crippen LogP contribution in [0.1, 0.15) is 20.8 Å². The molecule has 2 heterocycles. The Balaban J connectivity index is 2.92. The molecule has 7 heteroatoms. The fourth-order valence-corrected chi connectivity index (χ4v) is 1.32. The van der Waals surface area contributed by atoms with Gasteiger partial charge in [0.2, 0.25) is 0 Å². The van der Waals surface area contributed by atoms with E-state index in [1.807, 2.05) is 20.8 Å². The van der Waals surface area contributed by atoms with Gasteiger partial charge >= 0.3 is 5.69 Å². The number of aromatic nitrogens is 5. The second-order valence-corrected chi connectivity index (χ2v) is 4.28. The van der Waals surface area contributed by atoms with Gasteiger partial charge in [0.15, 0.2) is 11.2 Å². The fourth-order valence-electron chi connectivity index (χ4n) is 1.32. The monoisotopic (exact) mass is 209 g/mol. The Morgan fingerprint density at radius 3 is 2.47 bits per heavy atom. The highest BCUT2D eigenvalue weighted by atomic mass is 16.2. The molecular formula is C8H11N5O2. The van der Waals surface area contributed by atoms with Gasteiger partial charge in [0.1, 0.15) is 0 Å². The van der Waals surface area contributed by atoms with Crippen LogP contribution in [0.2, 0.25) is 0 Å². The molecule has 0 aromatic carbocycles. The van der Waals surface area contributed by atoms with E-state index in [1.54, 1.807) is 0 Å². The summed E-state index contributed by atoms with van der Waals surface area (Å²) >= 11 is 0. The molecule has 2 aromatic heterocycles. The number of aromatic amines is 2. The van der Waals surface area contributed by atoms with Gasteiger partial charge < -0.3 is 0 Å². The van der Waals surface area contributed by atoms with E-state index in [0.29, 0.717) is 5.65 Å². The van der Waals surface area contributed by atoms with Crippen molar-refractivity contribution in [2.45, 2.75) is 26.3 Å². The van der Waals surface area contributed by atoms with Gasteiger partial charge in [0.05, 0.1) is 5.54 Å². The van der Waals surface area contributed by atoms with Crippen molar-refractivity contribution in [3.63, 3.8) is 0 Å². The van der Waals surface area contributed by atoms with Gasteiger partial charge in [-0.1, -0.05) is 5.21 Å². The SMILES string of the molecule is CC(C)(C)n1nnc2c(=O)[nH]c(=O)[nH]c21. The third-order valence-electron chi connectivity index (χ3n) is 1.98. The van der Waals surface area contributed by atoms with Crippen LogP contribution in [0.5, 0.6) is 0 Å². The average molecular weight is 209 g/mol. The molecule has 0 bridgehead atoms.